The molecule has 6 nitrogen and oxygen atoms in total. The van der Waals surface area contributed by atoms with E-state index in [2.05, 4.69) is 5.32 Å². The van der Waals surface area contributed by atoms with Crippen LogP contribution in [0.25, 0.3) is 0 Å². The van der Waals surface area contributed by atoms with Crippen LogP contribution in [0.5, 0.6) is 5.75 Å². The third kappa shape index (κ3) is 5.23. The van der Waals surface area contributed by atoms with Gasteiger partial charge in [-0.3, -0.25) is 14.5 Å². The van der Waals surface area contributed by atoms with Gasteiger partial charge in [0.05, 0.1) is 31.4 Å². The number of hydrogen-bond acceptors (Lipinski definition) is 5. The molecular formula is C18H26N2O4. The standard InChI is InChI=1S/C18H26N2O4/c1-3-23-16-10-6-5-9-15(16)19-17(21)13-20-11-7-8-14(12-20)18(22)24-4-2/h5-6,9-10,14H,3-4,7-8,11-13H2,1-2H3,(H,19,21). The molecule has 0 aromatic heterocycles. The van der Waals surface area contributed by atoms with Crippen molar-refractivity contribution in [1.29, 1.82) is 0 Å². The van der Waals surface area contributed by atoms with Gasteiger partial charge in [0.25, 0.3) is 0 Å². The van der Waals surface area contributed by atoms with E-state index in [4.69, 9.17) is 9.47 Å². The van der Waals surface area contributed by atoms with Crippen LogP contribution in [0.1, 0.15) is 26.7 Å². The Morgan fingerprint density at radius 1 is 1.25 bits per heavy atom. The van der Waals surface area contributed by atoms with Crippen molar-refractivity contribution >= 4 is 17.6 Å². The Bertz CT molecular complexity index is 562. The van der Waals surface area contributed by atoms with Crippen LogP contribution in [-0.4, -0.2) is 49.6 Å². The number of hydrogen-bond donors (Lipinski definition) is 1. The number of amides is 1. The highest BCUT2D eigenvalue weighted by atomic mass is 16.5. The van der Waals surface area contributed by atoms with E-state index in [9.17, 15) is 9.59 Å². The fourth-order valence-corrected chi connectivity index (χ4v) is 2.90. The molecule has 1 aromatic carbocycles. The molecule has 1 aromatic rings. The van der Waals surface area contributed by atoms with Crippen LogP contribution in [0.2, 0.25) is 0 Å². The summed E-state index contributed by atoms with van der Waals surface area (Å²) in [6.07, 6.45) is 1.72. The Labute approximate surface area is 143 Å². The van der Waals surface area contributed by atoms with Crippen LogP contribution in [-0.2, 0) is 14.3 Å². The van der Waals surface area contributed by atoms with Gasteiger partial charge >= 0.3 is 5.97 Å². The Hall–Kier alpha value is -2.08. The third-order valence-corrected chi connectivity index (χ3v) is 3.95. The molecular weight excluding hydrogens is 308 g/mol. The van der Waals surface area contributed by atoms with Gasteiger partial charge in [-0.15, -0.1) is 0 Å². The zero-order valence-corrected chi connectivity index (χ0v) is 14.4. The second-order valence-electron chi connectivity index (χ2n) is 5.80. The number of benzene rings is 1. The van der Waals surface area contributed by atoms with Gasteiger partial charge in [-0.1, -0.05) is 12.1 Å². The Balaban J connectivity index is 1.89. The monoisotopic (exact) mass is 334 g/mol. The molecule has 0 spiro atoms. The highest BCUT2D eigenvalue weighted by Crippen LogP contribution is 2.24. The number of rotatable bonds is 7. The Morgan fingerprint density at radius 3 is 2.79 bits per heavy atom. The molecule has 1 atom stereocenters. The van der Waals surface area contributed by atoms with Crippen molar-refractivity contribution in [3.63, 3.8) is 0 Å². The number of carbonyl (C=O) groups is 2. The fourth-order valence-electron chi connectivity index (χ4n) is 2.90. The first-order valence-electron chi connectivity index (χ1n) is 8.54. The number of ether oxygens (including phenoxy) is 2. The Kier molecular flexibility index (Phi) is 7.06. The quantitative estimate of drug-likeness (QED) is 0.775. The fraction of sp³-hybridized carbons (Fsp3) is 0.556. The molecule has 1 aliphatic rings. The number of nitrogens with zero attached hydrogens (tertiary/aromatic N) is 1. The van der Waals surface area contributed by atoms with Crippen LogP contribution in [0, 0.1) is 5.92 Å². The van der Waals surface area contributed by atoms with Gasteiger partial charge in [0.1, 0.15) is 5.75 Å². The lowest BCUT2D eigenvalue weighted by atomic mass is 9.98. The molecule has 1 aliphatic heterocycles. The van der Waals surface area contributed by atoms with Gasteiger partial charge in [0.2, 0.25) is 5.91 Å². The van der Waals surface area contributed by atoms with Gasteiger partial charge in [-0.05, 0) is 45.4 Å². The van der Waals surface area contributed by atoms with E-state index in [0.717, 1.165) is 19.4 Å². The molecule has 0 saturated carbocycles. The van der Waals surface area contributed by atoms with Gasteiger partial charge in [-0.2, -0.15) is 0 Å². The maximum atomic E-state index is 12.3. The predicted molar refractivity (Wildman–Crippen MR) is 92.0 cm³/mol. The molecule has 1 N–H and O–H groups in total. The highest BCUT2D eigenvalue weighted by Gasteiger charge is 2.27. The van der Waals surface area contributed by atoms with Crippen molar-refractivity contribution in [3.8, 4) is 5.75 Å². The van der Waals surface area contributed by atoms with E-state index >= 15 is 0 Å². The summed E-state index contributed by atoms with van der Waals surface area (Å²) < 4.78 is 10.6. The summed E-state index contributed by atoms with van der Waals surface area (Å²) in [6, 6.07) is 7.38. The molecule has 0 bridgehead atoms. The molecule has 132 valence electrons. The van der Waals surface area contributed by atoms with E-state index < -0.39 is 0 Å². The molecule has 1 unspecified atom stereocenters. The van der Waals surface area contributed by atoms with Gasteiger partial charge in [0.15, 0.2) is 0 Å². The van der Waals surface area contributed by atoms with Crippen LogP contribution in [0.15, 0.2) is 24.3 Å². The minimum Gasteiger partial charge on any atom is -0.492 e. The second kappa shape index (κ2) is 9.27. The molecule has 0 aliphatic carbocycles. The summed E-state index contributed by atoms with van der Waals surface area (Å²) >= 11 is 0. The zero-order chi connectivity index (χ0) is 17.4. The molecule has 1 saturated heterocycles. The SMILES string of the molecule is CCOC(=O)C1CCCN(CC(=O)Nc2ccccc2OCC)C1. The predicted octanol–water partition coefficient (Wildman–Crippen LogP) is 2.30. The first-order valence-corrected chi connectivity index (χ1v) is 8.54. The van der Waals surface area contributed by atoms with Crippen molar-refractivity contribution < 1.29 is 19.1 Å². The molecule has 6 heteroatoms. The molecule has 24 heavy (non-hydrogen) atoms. The molecule has 1 heterocycles. The molecule has 0 radical (unpaired) electrons. The van der Waals surface area contributed by atoms with Gasteiger partial charge in [0, 0.05) is 6.54 Å². The van der Waals surface area contributed by atoms with E-state index in [1.54, 1.807) is 0 Å². The summed E-state index contributed by atoms with van der Waals surface area (Å²) in [5.74, 6) is 0.259. The van der Waals surface area contributed by atoms with Crippen LogP contribution < -0.4 is 10.1 Å². The van der Waals surface area contributed by atoms with E-state index in [1.165, 1.54) is 0 Å². The van der Waals surface area contributed by atoms with Crippen molar-refractivity contribution in [2.45, 2.75) is 26.7 Å². The summed E-state index contributed by atoms with van der Waals surface area (Å²) in [7, 11) is 0. The smallest absolute Gasteiger partial charge is 0.310 e. The van der Waals surface area contributed by atoms with E-state index in [1.807, 2.05) is 43.0 Å². The normalized spacial score (nSPS) is 18.0. The number of likely N-dealkylation sites (tertiary alicyclic amines) is 1. The van der Waals surface area contributed by atoms with Crippen LogP contribution in [0.3, 0.4) is 0 Å². The maximum absolute atomic E-state index is 12.3. The Morgan fingerprint density at radius 2 is 2.04 bits per heavy atom. The van der Waals surface area contributed by atoms with E-state index in [0.29, 0.717) is 31.2 Å². The lowest BCUT2D eigenvalue weighted by Gasteiger charge is -2.30. The lowest BCUT2D eigenvalue weighted by Crippen LogP contribution is -2.43. The number of nitrogens with one attached hydrogen (secondary N) is 1. The van der Waals surface area contributed by atoms with Gasteiger partial charge < -0.3 is 14.8 Å². The topological polar surface area (TPSA) is 67.9 Å². The zero-order valence-electron chi connectivity index (χ0n) is 14.4. The van der Waals surface area contributed by atoms with Gasteiger partial charge in [-0.25, -0.2) is 0 Å². The minimum absolute atomic E-state index is 0.105. The summed E-state index contributed by atoms with van der Waals surface area (Å²) in [5.41, 5.74) is 0.670. The first kappa shape index (κ1) is 18.3. The number of carbonyl (C=O) groups excluding carboxylic acids is 2. The largest absolute Gasteiger partial charge is 0.492 e. The van der Waals surface area contributed by atoms with Crippen LogP contribution >= 0.6 is 0 Å². The summed E-state index contributed by atoms with van der Waals surface area (Å²) in [6.45, 7) is 6.29. The number of para-hydroxylation sites is 2. The number of anilines is 1. The van der Waals surface area contributed by atoms with Crippen molar-refractivity contribution in [3.05, 3.63) is 24.3 Å². The van der Waals surface area contributed by atoms with Crippen molar-refractivity contribution in [2.75, 3.05) is 38.2 Å². The first-order chi connectivity index (χ1) is 11.6. The number of piperidine rings is 1. The molecule has 1 amide bonds. The second-order valence-corrected chi connectivity index (χ2v) is 5.80. The molecule has 2 rings (SSSR count). The van der Waals surface area contributed by atoms with Crippen molar-refractivity contribution in [2.24, 2.45) is 5.92 Å². The third-order valence-electron chi connectivity index (χ3n) is 3.95. The van der Waals surface area contributed by atoms with Crippen LogP contribution in [0.4, 0.5) is 5.69 Å². The highest BCUT2D eigenvalue weighted by molar-refractivity contribution is 5.93. The summed E-state index contributed by atoms with van der Waals surface area (Å²) in [5, 5.41) is 2.89. The number of esters is 1. The minimum atomic E-state index is -0.163. The van der Waals surface area contributed by atoms with E-state index in [-0.39, 0.29) is 24.3 Å². The average Bonchev–Trinajstić information content (AvgIpc) is 2.57. The van der Waals surface area contributed by atoms with Crippen molar-refractivity contribution in [1.82, 2.24) is 4.90 Å². The average molecular weight is 334 g/mol. The maximum Gasteiger partial charge on any atom is 0.310 e. The lowest BCUT2D eigenvalue weighted by molar-refractivity contribution is -0.150. The molecule has 1 fully saturated rings. The summed E-state index contributed by atoms with van der Waals surface area (Å²) in [4.78, 5) is 26.2.